The summed E-state index contributed by atoms with van der Waals surface area (Å²) >= 11 is 0. The Balaban J connectivity index is 1.52. The van der Waals surface area contributed by atoms with E-state index in [1.165, 1.54) is 18.4 Å². The third-order valence-electron chi connectivity index (χ3n) is 4.33. The number of ether oxygens (including phenoxy) is 1. The lowest BCUT2D eigenvalue weighted by Crippen LogP contribution is -2.19. The van der Waals surface area contributed by atoms with Crippen molar-refractivity contribution in [1.29, 1.82) is 0 Å². The number of aromatic nitrogens is 3. The molecule has 6 heteroatoms. The minimum Gasteiger partial charge on any atom is -0.477 e. The molecule has 1 aliphatic carbocycles. The number of nitrogens with one attached hydrogen (secondary N) is 1. The van der Waals surface area contributed by atoms with Crippen LogP contribution in [0.15, 0.2) is 18.3 Å². The SMILES string of the molecule is Cc1nn(C)c(N(C)C)c1CNCc1ccc(OCC2CC2)nc1. The van der Waals surface area contributed by atoms with Crippen LogP contribution in [0.5, 0.6) is 5.88 Å². The molecule has 0 saturated heterocycles. The second-order valence-electron chi connectivity index (χ2n) is 6.77. The summed E-state index contributed by atoms with van der Waals surface area (Å²) in [5, 5.41) is 8.00. The fourth-order valence-electron chi connectivity index (χ4n) is 2.88. The van der Waals surface area contributed by atoms with Gasteiger partial charge in [-0.1, -0.05) is 6.07 Å². The number of rotatable bonds is 8. The normalized spacial score (nSPS) is 14.0. The van der Waals surface area contributed by atoms with E-state index in [4.69, 9.17) is 4.74 Å². The largest absolute Gasteiger partial charge is 0.477 e. The molecular formula is C18H27N5O. The van der Waals surface area contributed by atoms with Gasteiger partial charge in [-0.2, -0.15) is 5.10 Å². The number of nitrogens with zero attached hydrogens (tertiary/aromatic N) is 4. The highest BCUT2D eigenvalue weighted by Crippen LogP contribution is 2.29. The van der Waals surface area contributed by atoms with Gasteiger partial charge in [-0.25, -0.2) is 4.98 Å². The van der Waals surface area contributed by atoms with Gasteiger partial charge in [0.15, 0.2) is 0 Å². The van der Waals surface area contributed by atoms with Gasteiger partial charge in [-0.05, 0) is 31.2 Å². The van der Waals surface area contributed by atoms with Crippen molar-refractivity contribution in [1.82, 2.24) is 20.1 Å². The molecule has 130 valence electrons. The van der Waals surface area contributed by atoms with Crippen LogP contribution in [0.1, 0.15) is 29.7 Å². The first-order valence-electron chi connectivity index (χ1n) is 8.53. The monoisotopic (exact) mass is 329 g/mol. The highest BCUT2D eigenvalue weighted by Gasteiger charge is 2.22. The fourth-order valence-corrected chi connectivity index (χ4v) is 2.88. The summed E-state index contributed by atoms with van der Waals surface area (Å²) in [6.45, 7) is 4.42. The molecule has 0 bridgehead atoms. The van der Waals surface area contributed by atoms with E-state index in [9.17, 15) is 0 Å². The van der Waals surface area contributed by atoms with Crippen LogP contribution in [0, 0.1) is 12.8 Å². The van der Waals surface area contributed by atoms with Crippen molar-refractivity contribution in [2.75, 3.05) is 25.6 Å². The molecule has 6 nitrogen and oxygen atoms in total. The van der Waals surface area contributed by atoms with E-state index in [1.807, 2.05) is 38.1 Å². The molecule has 0 aromatic carbocycles. The van der Waals surface area contributed by atoms with Crippen molar-refractivity contribution in [2.45, 2.75) is 32.9 Å². The molecule has 0 amide bonds. The Bertz CT molecular complexity index is 673. The lowest BCUT2D eigenvalue weighted by molar-refractivity contribution is 0.288. The molecule has 1 N–H and O–H groups in total. The van der Waals surface area contributed by atoms with Crippen molar-refractivity contribution in [3.05, 3.63) is 35.2 Å². The van der Waals surface area contributed by atoms with E-state index >= 15 is 0 Å². The first kappa shape index (κ1) is 16.8. The first-order chi connectivity index (χ1) is 11.5. The van der Waals surface area contributed by atoms with Gasteiger partial charge >= 0.3 is 0 Å². The first-order valence-corrected chi connectivity index (χ1v) is 8.53. The maximum atomic E-state index is 5.67. The number of anilines is 1. The van der Waals surface area contributed by atoms with E-state index in [-0.39, 0.29) is 0 Å². The second kappa shape index (κ2) is 7.21. The molecule has 0 spiro atoms. The lowest BCUT2D eigenvalue weighted by Gasteiger charge is -2.15. The molecule has 2 aromatic heterocycles. The molecule has 2 heterocycles. The lowest BCUT2D eigenvalue weighted by atomic mass is 10.2. The maximum absolute atomic E-state index is 5.67. The van der Waals surface area contributed by atoms with Gasteiger partial charge in [0.2, 0.25) is 5.88 Å². The van der Waals surface area contributed by atoms with Crippen LogP contribution in [0.4, 0.5) is 5.82 Å². The molecule has 0 atom stereocenters. The highest BCUT2D eigenvalue weighted by atomic mass is 16.5. The molecule has 1 fully saturated rings. The van der Waals surface area contributed by atoms with E-state index in [0.29, 0.717) is 0 Å². The Morgan fingerprint density at radius 1 is 1.29 bits per heavy atom. The van der Waals surface area contributed by atoms with Crippen molar-refractivity contribution >= 4 is 5.82 Å². The topological polar surface area (TPSA) is 55.2 Å². The van der Waals surface area contributed by atoms with Gasteiger partial charge in [-0.3, -0.25) is 4.68 Å². The number of hydrogen-bond acceptors (Lipinski definition) is 5. The van der Waals surface area contributed by atoms with Gasteiger partial charge in [-0.15, -0.1) is 0 Å². The summed E-state index contributed by atoms with van der Waals surface area (Å²) in [6.07, 6.45) is 4.48. The Morgan fingerprint density at radius 2 is 2.08 bits per heavy atom. The fraction of sp³-hybridized carbons (Fsp3) is 0.556. The third-order valence-corrected chi connectivity index (χ3v) is 4.33. The summed E-state index contributed by atoms with van der Waals surface area (Å²) in [5.74, 6) is 2.62. The minimum absolute atomic E-state index is 0.726. The van der Waals surface area contributed by atoms with Crippen molar-refractivity contribution in [2.24, 2.45) is 13.0 Å². The summed E-state index contributed by atoms with van der Waals surface area (Å²) in [6, 6.07) is 4.03. The van der Waals surface area contributed by atoms with E-state index in [0.717, 1.165) is 48.6 Å². The van der Waals surface area contributed by atoms with E-state index in [1.54, 1.807) is 0 Å². The number of pyridine rings is 1. The Kier molecular flexibility index (Phi) is 5.04. The zero-order valence-electron chi connectivity index (χ0n) is 15.0. The van der Waals surface area contributed by atoms with Crippen LogP contribution in [0.3, 0.4) is 0 Å². The predicted octanol–water partition coefficient (Wildman–Crippen LogP) is 2.27. The van der Waals surface area contributed by atoms with E-state index < -0.39 is 0 Å². The van der Waals surface area contributed by atoms with Gasteiger partial charge in [0.05, 0.1) is 12.3 Å². The number of aryl methyl sites for hydroxylation is 2. The molecule has 1 saturated carbocycles. The Morgan fingerprint density at radius 3 is 2.71 bits per heavy atom. The zero-order chi connectivity index (χ0) is 17.1. The van der Waals surface area contributed by atoms with Crippen LogP contribution in [0.2, 0.25) is 0 Å². The predicted molar refractivity (Wildman–Crippen MR) is 95.3 cm³/mol. The molecule has 24 heavy (non-hydrogen) atoms. The van der Waals surface area contributed by atoms with Crippen LogP contribution >= 0.6 is 0 Å². The molecule has 0 aliphatic heterocycles. The standard InChI is InChI=1S/C18H27N5O/c1-13-16(18(22(2)3)23(4)21-13)11-19-9-15-7-8-17(20-10-15)24-12-14-5-6-14/h7-8,10,14,19H,5-6,9,11-12H2,1-4H3. The average molecular weight is 329 g/mol. The minimum atomic E-state index is 0.726. The highest BCUT2D eigenvalue weighted by molar-refractivity contribution is 5.48. The molecule has 0 radical (unpaired) electrons. The summed E-state index contributed by atoms with van der Waals surface area (Å²) < 4.78 is 7.60. The van der Waals surface area contributed by atoms with Crippen LogP contribution < -0.4 is 15.0 Å². The van der Waals surface area contributed by atoms with Crippen molar-refractivity contribution < 1.29 is 4.74 Å². The Labute approximate surface area is 143 Å². The van der Waals surface area contributed by atoms with Crippen LogP contribution in [0.25, 0.3) is 0 Å². The summed E-state index contributed by atoms with van der Waals surface area (Å²) in [7, 11) is 6.07. The van der Waals surface area contributed by atoms with E-state index in [2.05, 4.69) is 33.3 Å². The van der Waals surface area contributed by atoms with Crippen LogP contribution in [-0.4, -0.2) is 35.5 Å². The second-order valence-corrected chi connectivity index (χ2v) is 6.77. The smallest absolute Gasteiger partial charge is 0.213 e. The van der Waals surface area contributed by atoms with Crippen molar-refractivity contribution in [3.63, 3.8) is 0 Å². The van der Waals surface area contributed by atoms with Crippen molar-refractivity contribution in [3.8, 4) is 5.88 Å². The van der Waals surface area contributed by atoms with Gasteiger partial charge in [0.25, 0.3) is 0 Å². The van der Waals surface area contributed by atoms with Gasteiger partial charge in [0.1, 0.15) is 5.82 Å². The van der Waals surface area contributed by atoms with Crippen LogP contribution in [-0.2, 0) is 20.1 Å². The van der Waals surface area contributed by atoms with Gasteiger partial charge in [0, 0.05) is 52.1 Å². The maximum Gasteiger partial charge on any atom is 0.213 e. The third kappa shape index (κ3) is 4.06. The average Bonchev–Trinajstić information content (AvgIpc) is 3.32. The summed E-state index contributed by atoms with van der Waals surface area (Å²) in [4.78, 5) is 6.49. The molecule has 2 aromatic rings. The molecule has 3 rings (SSSR count). The van der Waals surface area contributed by atoms with Gasteiger partial charge < -0.3 is 15.0 Å². The molecule has 0 unspecified atom stereocenters. The molecular weight excluding hydrogens is 302 g/mol. The zero-order valence-corrected chi connectivity index (χ0v) is 15.0. The Hall–Kier alpha value is -2.08. The number of hydrogen-bond donors (Lipinski definition) is 1. The molecule has 1 aliphatic rings. The summed E-state index contributed by atoms with van der Waals surface area (Å²) in [5.41, 5.74) is 3.46. The quantitative estimate of drug-likeness (QED) is 0.805.